The lowest BCUT2D eigenvalue weighted by molar-refractivity contribution is 0.0705. The van der Waals surface area contributed by atoms with Crippen LogP contribution in [0, 0.1) is 0 Å². The van der Waals surface area contributed by atoms with Crippen molar-refractivity contribution in [2.24, 2.45) is 7.05 Å². The second kappa shape index (κ2) is 7.37. The Bertz CT molecular complexity index is 880. The van der Waals surface area contributed by atoms with Crippen molar-refractivity contribution in [1.29, 1.82) is 0 Å². The van der Waals surface area contributed by atoms with Crippen LogP contribution in [0.2, 0.25) is 0 Å². The van der Waals surface area contributed by atoms with Crippen LogP contribution < -0.4 is 0 Å². The van der Waals surface area contributed by atoms with Gasteiger partial charge in [-0.15, -0.1) is 21.5 Å². The number of hydrogen-bond acceptors (Lipinski definition) is 5. The number of benzene rings is 1. The van der Waals surface area contributed by atoms with E-state index in [0.717, 1.165) is 43.2 Å². The van der Waals surface area contributed by atoms with Gasteiger partial charge in [-0.05, 0) is 18.4 Å². The number of thiazole rings is 1. The molecule has 1 aliphatic rings. The molecule has 1 fully saturated rings. The fourth-order valence-corrected chi connectivity index (χ4v) is 4.23. The smallest absolute Gasteiger partial charge is 0.273 e. The molecule has 0 N–H and O–H groups in total. The van der Waals surface area contributed by atoms with Gasteiger partial charge >= 0.3 is 0 Å². The average Bonchev–Trinajstić information content (AvgIpc) is 3.31. The normalized spacial score (nSPS) is 15.3. The molecule has 26 heavy (non-hydrogen) atoms. The van der Waals surface area contributed by atoms with Crippen LogP contribution in [0.4, 0.5) is 0 Å². The molecule has 7 heteroatoms. The van der Waals surface area contributed by atoms with Crippen molar-refractivity contribution < 1.29 is 4.79 Å². The summed E-state index contributed by atoms with van der Waals surface area (Å²) in [5.74, 6) is 1.42. The van der Waals surface area contributed by atoms with Crippen LogP contribution in [0.25, 0.3) is 0 Å². The Kier molecular flexibility index (Phi) is 4.79. The zero-order chi connectivity index (χ0) is 17.9. The maximum Gasteiger partial charge on any atom is 0.273 e. The van der Waals surface area contributed by atoms with Crippen LogP contribution in [-0.2, 0) is 13.5 Å². The van der Waals surface area contributed by atoms with Crippen molar-refractivity contribution >= 4 is 17.2 Å². The predicted molar refractivity (Wildman–Crippen MR) is 100 cm³/mol. The van der Waals surface area contributed by atoms with E-state index in [-0.39, 0.29) is 5.91 Å². The zero-order valence-corrected chi connectivity index (χ0v) is 15.5. The number of amides is 1. The number of likely N-dealkylation sites (tertiary alicyclic amines) is 1. The fraction of sp³-hybridized carbons (Fsp3) is 0.368. The van der Waals surface area contributed by atoms with Gasteiger partial charge in [0, 0.05) is 37.9 Å². The number of carbonyl (C=O) groups is 1. The van der Waals surface area contributed by atoms with Gasteiger partial charge < -0.3 is 9.47 Å². The third kappa shape index (κ3) is 3.53. The highest BCUT2D eigenvalue weighted by Gasteiger charge is 2.27. The molecule has 134 valence electrons. The summed E-state index contributed by atoms with van der Waals surface area (Å²) in [7, 11) is 1.97. The van der Waals surface area contributed by atoms with Gasteiger partial charge in [0.25, 0.3) is 5.91 Å². The quantitative estimate of drug-likeness (QED) is 0.711. The van der Waals surface area contributed by atoms with Crippen molar-refractivity contribution in [3.05, 3.63) is 64.1 Å². The molecule has 0 bridgehead atoms. The Morgan fingerprint density at radius 1 is 1.23 bits per heavy atom. The van der Waals surface area contributed by atoms with Crippen molar-refractivity contribution in [3.63, 3.8) is 0 Å². The van der Waals surface area contributed by atoms with Crippen LogP contribution >= 0.6 is 11.3 Å². The summed E-state index contributed by atoms with van der Waals surface area (Å²) in [6.45, 7) is 1.48. The average molecular weight is 367 g/mol. The van der Waals surface area contributed by atoms with Crippen molar-refractivity contribution in [2.45, 2.75) is 25.2 Å². The van der Waals surface area contributed by atoms with Crippen LogP contribution in [0.3, 0.4) is 0 Å². The van der Waals surface area contributed by atoms with Crippen LogP contribution in [0.5, 0.6) is 0 Å². The zero-order valence-electron chi connectivity index (χ0n) is 14.7. The van der Waals surface area contributed by atoms with Gasteiger partial charge in [0.05, 0.1) is 5.01 Å². The third-order valence-electron chi connectivity index (χ3n) is 4.86. The predicted octanol–water partition coefficient (Wildman–Crippen LogP) is 2.88. The Labute approximate surface area is 156 Å². The van der Waals surface area contributed by atoms with E-state index in [1.165, 1.54) is 5.56 Å². The molecule has 0 saturated carbocycles. The largest absolute Gasteiger partial charge is 0.337 e. The lowest BCUT2D eigenvalue weighted by Crippen LogP contribution is -2.38. The summed E-state index contributed by atoms with van der Waals surface area (Å²) in [5, 5.41) is 11.0. The highest BCUT2D eigenvalue weighted by molar-refractivity contribution is 7.09. The standard InChI is InChI=1S/C19H21N5OS/c1-23-13-20-22-18(23)15-7-9-24(10-8-15)19(25)16-12-26-17(21-16)11-14-5-3-2-4-6-14/h2-6,12-13,15H,7-11H2,1H3. The summed E-state index contributed by atoms with van der Waals surface area (Å²) in [4.78, 5) is 19.2. The van der Waals surface area contributed by atoms with E-state index in [4.69, 9.17) is 0 Å². The minimum atomic E-state index is 0.0389. The van der Waals surface area contributed by atoms with E-state index in [9.17, 15) is 4.79 Å². The second-order valence-electron chi connectivity index (χ2n) is 6.66. The SMILES string of the molecule is Cn1cnnc1C1CCN(C(=O)c2csc(Cc3ccccc3)n2)CC1. The number of hydrogen-bond donors (Lipinski definition) is 0. The van der Waals surface area contributed by atoms with Gasteiger partial charge in [0.1, 0.15) is 17.8 Å². The number of carbonyl (C=O) groups excluding carboxylic acids is 1. The van der Waals surface area contributed by atoms with E-state index < -0.39 is 0 Å². The molecular weight excluding hydrogens is 346 g/mol. The van der Waals surface area contributed by atoms with Crippen molar-refractivity contribution in [2.75, 3.05) is 13.1 Å². The highest BCUT2D eigenvalue weighted by atomic mass is 32.1. The van der Waals surface area contributed by atoms with Gasteiger partial charge in [0.2, 0.25) is 0 Å². The van der Waals surface area contributed by atoms with E-state index in [2.05, 4.69) is 27.3 Å². The Morgan fingerprint density at radius 3 is 2.69 bits per heavy atom. The molecule has 6 nitrogen and oxygen atoms in total. The highest BCUT2D eigenvalue weighted by Crippen LogP contribution is 2.27. The lowest BCUT2D eigenvalue weighted by Gasteiger charge is -2.31. The molecular formula is C19H21N5OS. The molecule has 2 aromatic heterocycles. The number of rotatable bonds is 4. The first-order chi connectivity index (χ1) is 12.7. The van der Waals surface area contributed by atoms with E-state index in [0.29, 0.717) is 11.6 Å². The van der Waals surface area contributed by atoms with Gasteiger partial charge in [-0.25, -0.2) is 4.98 Å². The third-order valence-corrected chi connectivity index (χ3v) is 5.71. The molecule has 1 aromatic carbocycles. The first-order valence-corrected chi connectivity index (χ1v) is 9.70. The summed E-state index contributed by atoms with van der Waals surface area (Å²) in [5.41, 5.74) is 1.78. The molecule has 3 aromatic rings. The molecule has 1 amide bonds. The van der Waals surface area contributed by atoms with Crippen molar-refractivity contribution in [1.82, 2.24) is 24.6 Å². The summed E-state index contributed by atoms with van der Waals surface area (Å²) < 4.78 is 1.97. The number of piperidine rings is 1. The molecule has 1 aliphatic heterocycles. The van der Waals surface area contributed by atoms with E-state index in [1.54, 1.807) is 17.7 Å². The molecule has 0 aliphatic carbocycles. The fourth-order valence-electron chi connectivity index (χ4n) is 3.43. The minimum Gasteiger partial charge on any atom is -0.337 e. The Hall–Kier alpha value is -2.54. The van der Waals surface area contributed by atoms with Gasteiger partial charge in [-0.3, -0.25) is 4.79 Å². The first kappa shape index (κ1) is 16.9. The molecule has 0 unspecified atom stereocenters. The summed E-state index contributed by atoms with van der Waals surface area (Å²) in [6, 6.07) is 10.2. The minimum absolute atomic E-state index is 0.0389. The Morgan fingerprint density at radius 2 is 2.00 bits per heavy atom. The number of nitrogens with zero attached hydrogens (tertiary/aromatic N) is 5. The monoisotopic (exact) mass is 367 g/mol. The lowest BCUT2D eigenvalue weighted by atomic mass is 9.96. The van der Waals surface area contributed by atoms with E-state index >= 15 is 0 Å². The van der Waals surface area contributed by atoms with Crippen molar-refractivity contribution in [3.8, 4) is 0 Å². The van der Waals surface area contributed by atoms with Gasteiger partial charge in [-0.1, -0.05) is 30.3 Å². The topological polar surface area (TPSA) is 63.9 Å². The van der Waals surface area contributed by atoms with Crippen LogP contribution in [-0.4, -0.2) is 43.6 Å². The summed E-state index contributed by atoms with van der Waals surface area (Å²) in [6.07, 6.45) is 4.34. The molecule has 4 rings (SSSR count). The molecule has 1 saturated heterocycles. The number of aryl methyl sites for hydroxylation is 1. The van der Waals surface area contributed by atoms with E-state index in [1.807, 2.05) is 40.1 Å². The van der Waals surface area contributed by atoms with Gasteiger partial charge in [0.15, 0.2) is 0 Å². The first-order valence-electron chi connectivity index (χ1n) is 8.82. The molecule has 3 heterocycles. The Balaban J connectivity index is 1.37. The maximum atomic E-state index is 12.8. The molecule has 0 radical (unpaired) electrons. The van der Waals surface area contributed by atoms with Gasteiger partial charge in [-0.2, -0.15) is 0 Å². The molecule has 0 atom stereocenters. The molecule has 0 spiro atoms. The number of aromatic nitrogens is 4. The second-order valence-corrected chi connectivity index (χ2v) is 7.60. The maximum absolute atomic E-state index is 12.8. The van der Waals surface area contributed by atoms with Crippen LogP contribution in [0.1, 0.15) is 45.6 Å². The summed E-state index contributed by atoms with van der Waals surface area (Å²) >= 11 is 1.56. The van der Waals surface area contributed by atoms with Crippen LogP contribution in [0.15, 0.2) is 42.0 Å².